The number of methoxy groups -OCH3 is 1. The van der Waals surface area contributed by atoms with E-state index in [0.29, 0.717) is 35.3 Å². The molecular formula is C20H26N4O5. The SMILES string of the molecule is CNC(=O)c1cc(=O)n(CCN2CCC(NC(=O)O)CC2)c2cc(OC)ccc12. The number of rotatable bonds is 6. The molecule has 1 saturated heterocycles. The average molecular weight is 402 g/mol. The highest BCUT2D eigenvalue weighted by molar-refractivity contribution is 6.06. The van der Waals surface area contributed by atoms with Gasteiger partial charge >= 0.3 is 6.09 Å². The first kappa shape index (κ1) is 20.7. The first-order chi connectivity index (χ1) is 13.9. The number of aromatic nitrogens is 1. The second-order valence-electron chi connectivity index (χ2n) is 7.08. The third-order valence-electron chi connectivity index (χ3n) is 5.35. The Morgan fingerprint density at radius 1 is 1.21 bits per heavy atom. The van der Waals surface area contributed by atoms with Crippen LogP contribution in [0.2, 0.25) is 0 Å². The van der Waals surface area contributed by atoms with Crippen molar-refractivity contribution >= 4 is 22.9 Å². The predicted molar refractivity (Wildman–Crippen MR) is 109 cm³/mol. The van der Waals surface area contributed by atoms with Crippen LogP contribution in [-0.4, -0.2) is 66.4 Å². The third-order valence-corrected chi connectivity index (χ3v) is 5.35. The normalized spacial score (nSPS) is 15.2. The summed E-state index contributed by atoms with van der Waals surface area (Å²) in [5.41, 5.74) is 0.747. The van der Waals surface area contributed by atoms with Gasteiger partial charge in [-0.25, -0.2) is 4.79 Å². The number of likely N-dealkylation sites (tertiary alicyclic amines) is 1. The van der Waals surface area contributed by atoms with Gasteiger partial charge in [0.2, 0.25) is 0 Å². The van der Waals surface area contributed by atoms with E-state index in [1.165, 1.54) is 13.1 Å². The van der Waals surface area contributed by atoms with Gasteiger partial charge in [-0.05, 0) is 25.0 Å². The van der Waals surface area contributed by atoms with Gasteiger partial charge in [-0.15, -0.1) is 0 Å². The van der Waals surface area contributed by atoms with E-state index in [4.69, 9.17) is 9.84 Å². The monoisotopic (exact) mass is 402 g/mol. The Hall–Kier alpha value is -3.07. The maximum absolute atomic E-state index is 12.8. The van der Waals surface area contributed by atoms with Crippen LogP contribution in [0.4, 0.5) is 4.79 Å². The van der Waals surface area contributed by atoms with Gasteiger partial charge in [-0.2, -0.15) is 0 Å². The Bertz CT molecular complexity index is 963. The molecule has 2 heterocycles. The van der Waals surface area contributed by atoms with Crippen molar-refractivity contribution in [3.63, 3.8) is 0 Å². The van der Waals surface area contributed by atoms with Crippen molar-refractivity contribution in [2.75, 3.05) is 33.8 Å². The van der Waals surface area contributed by atoms with E-state index in [9.17, 15) is 14.4 Å². The van der Waals surface area contributed by atoms with Gasteiger partial charge in [-0.3, -0.25) is 9.59 Å². The van der Waals surface area contributed by atoms with Crippen LogP contribution in [0.3, 0.4) is 0 Å². The van der Waals surface area contributed by atoms with Crippen LogP contribution >= 0.6 is 0 Å². The van der Waals surface area contributed by atoms with Gasteiger partial charge in [0, 0.05) is 56.8 Å². The zero-order valence-corrected chi connectivity index (χ0v) is 16.6. The van der Waals surface area contributed by atoms with Crippen LogP contribution in [0.5, 0.6) is 5.75 Å². The Morgan fingerprint density at radius 2 is 1.93 bits per heavy atom. The highest BCUT2D eigenvalue weighted by Crippen LogP contribution is 2.23. The molecule has 3 rings (SSSR count). The van der Waals surface area contributed by atoms with Gasteiger partial charge in [0.1, 0.15) is 5.75 Å². The van der Waals surface area contributed by atoms with Crippen molar-refractivity contribution in [1.29, 1.82) is 0 Å². The summed E-state index contributed by atoms with van der Waals surface area (Å²) < 4.78 is 6.96. The number of carbonyl (C=O) groups excluding carboxylic acids is 1. The minimum absolute atomic E-state index is 0.0246. The van der Waals surface area contributed by atoms with Gasteiger partial charge in [0.25, 0.3) is 11.5 Å². The molecule has 156 valence electrons. The number of amides is 2. The minimum Gasteiger partial charge on any atom is -0.497 e. The average Bonchev–Trinajstić information content (AvgIpc) is 2.72. The minimum atomic E-state index is -0.994. The summed E-state index contributed by atoms with van der Waals surface area (Å²) >= 11 is 0. The highest BCUT2D eigenvalue weighted by Gasteiger charge is 2.21. The van der Waals surface area contributed by atoms with E-state index >= 15 is 0 Å². The van der Waals surface area contributed by atoms with Crippen molar-refractivity contribution in [1.82, 2.24) is 20.1 Å². The molecule has 0 saturated carbocycles. The molecule has 29 heavy (non-hydrogen) atoms. The summed E-state index contributed by atoms with van der Waals surface area (Å²) in [7, 11) is 3.09. The molecule has 0 radical (unpaired) electrons. The van der Waals surface area contributed by atoms with E-state index in [1.807, 2.05) is 0 Å². The molecule has 0 bridgehead atoms. The van der Waals surface area contributed by atoms with Crippen LogP contribution in [0.15, 0.2) is 29.1 Å². The van der Waals surface area contributed by atoms with Crippen molar-refractivity contribution in [3.05, 3.63) is 40.2 Å². The Balaban J connectivity index is 1.82. The lowest BCUT2D eigenvalue weighted by molar-refractivity contribution is 0.0964. The molecule has 9 nitrogen and oxygen atoms in total. The molecule has 3 N–H and O–H groups in total. The van der Waals surface area contributed by atoms with Gasteiger partial charge in [0.05, 0.1) is 18.2 Å². The number of benzene rings is 1. The number of nitrogens with zero attached hydrogens (tertiary/aromatic N) is 2. The van der Waals surface area contributed by atoms with Crippen molar-refractivity contribution in [3.8, 4) is 5.75 Å². The molecule has 1 aliphatic heterocycles. The summed E-state index contributed by atoms with van der Waals surface area (Å²) in [6, 6.07) is 6.67. The second kappa shape index (κ2) is 8.95. The second-order valence-corrected chi connectivity index (χ2v) is 7.08. The molecule has 0 atom stereocenters. The molecule has 0 unspecified atom stereocenters. The van der Waals surface area contributed by atoms with Crippen molar-refractivity contribution < 1.29 is 19.4 Å². The standard InChI is InChI=1S/C20H26N4O5/c1-21-19(26)16-12-18(25)24(17-11-14(29-2)3-4-15(16)17)10-9-23-7-5-13(6-8-23)22-20(27)28/h3-4,11-13,22H,5-10H2,1-2H3,(H,21,26)(H,27,28). The lowest BCUT2D eigenvalue weighted by Crippen LogP contribution is -2.45. The summed E-state index contributed by atoms with van der Waals surface area (Å²) in [6.07, 6.45) is 0.489. The molecule has 1 aromatic heterocycles. The highest BCUT2D eigenvalue weighted by atomic mass is 16.5. The van der Waals surface area contributed by atoms with Crippen LogP contribution in [0, 0.1) is 0 Å². The van der Waals surface area contributed by atoms with E-state index < -0.39 is 6.09 Å². The maximum atomic E-state index is 12.8. The fourth-order valence-corrected chi connectivity index (χ4v) is 3.76. The quantitative estimate of drug-likeness (QED) is 0.667. The van der Waals surface area contributed by atoms with Crippen molar-refractivity contribution in [2.45, 2.75) is 25.4 Å². The molecular weight excluding hydrogens is 376 g/mol. The Labute approximate surface area is 168 Å². The number of nitrogens with one attached hydrogen (secondary N) is 2. The smallest absolute Gasteiger partial charge is 0.404 e. The van der Waals surface area contributed by atoms with Crippen LogP contribution in [-0.2, 0) is 6.54 Å². The van der Waals surface area contributed by atoms with Gasteiger partial charge in [-0.1, -0.05) is 0 Å². The molecule has 1 aliphatic rings. The summed E-state index contributed by atoms with van der Waals surface area (Å²) in [6.45, 7) is 2.65. The number of hydrogen-bond donors (Lipinski definition) is 3. The fraction of sp³-hybridized carbons (Fsp3) is 0.450. The molecule has 1 aromatic carbocycles. The Morgan fingerprint density at radius 3 is 2.55 bits per heavy atom. The molecule has 0 aliphatic carbocycles. The van der Waals surface area contributed by atoms with Crippen molar-refractivity contribution in [2.24, 2.45) is 0 Å². The number of fused-ring (bicyclic) bond motifs is 1. The first-order valence-electron chi connectivity index (χ1n) is 9.58. The third kappa shape index (κ3) is 4.68. The lowest BCUT2D eigenvalue weighted by atomic mass is 10.1. The lowest BCUT2D eigenvalue weighted by Gasteiger charge is -2.32. The number of ether oxygens (including phenoxy) is 1. The number of carboxylic acid groups (broad SMARTS) is 1. The summed E-state index contributed by atoms with van der Waals surface area (Å²) in [4.78, 5) is 38.0. The van der Waals surface area contributed by atoms with E-state index in [1.54, 1.807) is 29.9 Å². The maximum Gasteiger partial charge on any atom is 0.404 e. The topological polar surface area (TPSA) is 113 Å². The number of hydrogen-bond acceptors (Lipinski definition) is 5. The largest absolute Gasteiger partial charge is 0.497 e. The van der Waals surface area contributed by atoms with E-state index in [2.05, 4.69) is 15.5 Å². The molecule has 0 spiro atoms. The molecule has 2 aromatic rings. The van der Waals surface area contributed by atoms with Crippen LogP contribution < -0.4 is 20.9 Å². The number of piperidine rings is 1. The van der Waals surface area contributed by atoms with Crippen LogP contribution in [0.1, 0.15) is 23.2 Å². The van der Waals surface area contributed by atoms with Gasteiger partial charge < -0.3 is 29.9 Å². The summed E-state index contributed by atoms with van der Waals surface area (Å²) in [5, 5.41) is 14.6. The number of pyridine rings is 1. The van der Waals surface area contributed by atoms with Gasteiger partial charge in [0.15, 0.2) is 0 Å². The first-order valence-corrected chi connectivity index (χ1v) is 9.58. The number of carbonyl (C=O) groups is 2. The zero-order valence-electron chi connectivity index (χ0n) is 16.6. The zero-order chi connectivity index (χ0) is 21.0. The summed E-state index contributed by atoms with van der Waals surface area (Å²) in [5.74, 6) is 0.303. The Kier molecular flexibility index (Phi) is 6.38. The fourth-order valence-electron chi connectivity index (χ4n) is 3.76. The van der Waals surface area contributed by atoms with E-state index in [-0.39, 0.29) is 17.5 Å². The molecule has 2 amide bonds. The van der Waals surface area contributed by atoms with E-state index in [0.717, 1.165) is 25.9 Å². The predicted octanol–water partition coefficient (Wildman–Crippen LogP) is 1.10. The molecule has 1 fully saturated rings. The molecule has 9 heteroatoms. The van der Waals surface area contributed by atoms with Crippen LogP contribution in [0.25, 0.3) is 10.9 Å².